The van der Waals surface area contributed by atoms with Gasteiger partial charge in [-0.3, -0.25) is 4.79 Å². The number of hydrogen-bond donors (Lipinski definition) is 7. The zero-order valence-electron chi connectivity index (χ0n) is 10.3. The highest BCUT2D eigenvalue weighted by atomic mass is 16.4. The van der Waals surface area contributed by atoms with Crippen LogP contribution in [0.4, 0.5) is 0 Å². The predicted molar refractivity (Wildman–Crippen MR) is 63.0 cm³/mol. The highest BCUT2D eigenvalue weighted by molar-refractivity contribution is 5.81. The van der Waals surface area contributed by atoms with Gasteiger partial charge in [-0.15, -0.1) is 0 Å². The maximum absolute atomic E-state index is 11.4. The number of nitrogens with two attached hydrogens (primary N) is 1. The van der Waals surface area contributed by atoms with E-state index in [1.54, 1.807) is 0 Å². The van der Waals surface area contributed by atoms with E-state index in [4.69, 9.17) is 15.9 Å². The van der Waals surface area contributed by atoms with E-state index >= 15 is 0 Å². The molecule has 0 aliphatic rings. The normalized spacial score (nSPS) is 17.3. The van der Waals surface area contributed by atoms with Gasteiger partial charge in [0.05, 0.1) is 0 Å². The van der Waals surface area contributed by atoms with Gasteiger partial charge in [-0.05, 0) is 19.4 Å². The SMILES string of the molecule is NCCCCNC(=O)[C@@H](O)[C@@H](O)[C@H](O)[C@@H](O)C(=O)O. The summed E-state index contributed by atoms with van der Waals surface area (Å²) in [6, 6.07) is 0. The fourth-order valence-electron chi connectivity index (χ4n) is 1.26. The van der Waals surface area contributed by atoms with Crippen LogP contribution in [0.25, 0.3) is 0 Å². The van der Waals surface area contributed by atoms with Crippen molar-refractivity contribution in [3.8, 4) is 0 Å². The molecule has 112 valence electrons. The summed E-state index contributed by atoms with van der Waals surface area (Å²) in [6.45, 7) is 0.669. The minimum absolute atomic E-state index is 0.220. The molecule has 0 unspecified atom stereocenters. The number of rotatable bonds is 9. The van der Waals surface area contributed by atoms with Gasteiger partial charge in [0.1, 0.15) is 12.2 Å². The van der Waals surface area contributed by atoms with Crippen LogP contribution in [0.3, 0.4) is 0 Å². The molecule has 0 aliphatic heterocycles. The Balaban J connectivity index is 4.26. The third-order valence-corrected chi connectivity index (χ3v) is 2.45. The van der Waals surface area contributed by atoms with Crippen molar-refractivity contribution in [2.24, 2.45) is 5.73 Å². The molecule has 1 amide bonds. The Labute approximate surface area is 109 Å². The topological polar surface area (TPSA) is 173 Å². The van der Waals surface area contributed by atoms with Crippen LogP contribution in [0.1, 0.15) is 12.8 Å². The van der Waals surface area contributed by atoms with E-state index in [1.165, 1.54) is 0 Å². The van der Waals surface area contributed by atoms with Gasteiger partial charge in [-0.25, -0.2) is 4.79 Å². The average molecular weight is 280 g/mol. The molecule has 0 aromatic rings. The lowest BCUT2D eigenvalue weighted by atomic mass is 10.0. The number of amides is 1. The minimum atomic E-state index is -2.30. The van der Waals surface area contributed by atoms with Crippen molar-refractivity contribution >= 4 is 11.9 Å². The molecule has 0 aliphatic carbocycles. The van der Waals surface area contributed by atoms with E-state index in [0.29, 0.717) is 19.4 Å². The zero-order chi connectivity index (χ0) is 15.0. The molecule has 0 aromatic heterocycles. The molecule has 0 radical (unpaired) electrons. The maximum atomic E-state index is 11.4. The van der Waals surface area contributed by atoms with E-state index in [2.05, 4.69) is 5.32 Å². The van der Waals surface area contributed by atoms with Gasteiger partial charge in [0.2, 0.25) is 0 Å². The number of carboxylic acids is 1. The van der Waals surface area contributed by atoms with Crippen LogP contribution in [0, 0.1) is 0 Å². The molecule has 9 heteroatoms. The van der Waals surface area contributed by atoms with Crippen molar-refractivity contribution in [3.05, 3.63) is 0 Å². The van der Waals surface area contributed by atoms with Crippen molar-refractivity contribution in [3.63, 3.8) is 0 Å². The Bertz CT molecular complexity index is 300. The number of carbonyl (C=O) groups is 2. The van der Waals surface area contributed by atoms with Crippen molar-refractivity contribution in [2.75, 3.05) is 13.1 Å². The molecule has 0 fully saturated rings. The average Bonchev–Trinajstić information content (AvgIpc) is 2.39. The fraction of sp³-hybridized carbons (Fsp3) is 0.800. The van der Waals surface area contributed by atoms with Crippen molar-refractivity contribution < 1.29 is 35.1 Å². The van der Waals surface area contributed by atoms with Gasteiger partial charge in [0.15, 0.2) is 12.2 Å². The van der Waals surface area contributed by atoms with Crippen LogP contribution in [0.5, 0.6) is 0 Å². The smallest absolute Gasteiger partial charge is 0.335 e. The second-order valence-electron chi connectivity index (χ2n) is 4.00. The first-order valence-electron chi connectivity index (χ1n) is 5.75. The molecule has 8 N–H and O–H groups in total. The number of aliphatic carboxylic acids is 1. The number of unbranched alkanes of at least 4 members (excludes halogenated alkanes) is 1. The molecule has 0 bridgehead atoms. The standard InChI is InChI=1S/C10H20N2O7/c11-3-1-2-4-12-9(17)7(15)5(13)6(14)8(16)10(18)19/h5-8,13-16H,1-4,11H2,(H,12,17)(H,18,19)/t5-,6-,7-,8+/m0/s1. The molecule has 19 heavy (non-hydrogen) atoms. The van der Waals surface area contributed by atoms with Crippen LogP contribution in [0.15, 0.2) is 0 Å². The summed E-state index contributed by atoms with van der Waals surface area (Å²) in [5, 5.41) is 47.7. The molecule has 0 aromatic carbocycles. The minimum Gasteiger partial charge on any atom is -0.479 e. The molecular weight excluding hydrogens is 260 g/mol. The quantitative estimate of drug-likeness (QED) is 0.212. The number of carbonyl (C=O) groups excluding carboxylic acids is 1. The highest BCUT2D eigenvalue weighted by Crippen LogP contribution is 2.06. The van der Waals surface area contributed by atoms with E-state index < -0.39 is 36.3 Å². The molecule has 0 rings (SSSR count). The van der Waals surface area contributed by atoms with Crippen LogP contribution < -0.4 is 11.1 Å². The number of hydrogen-bond acceptors (Lipinski definition) is 7. The molecule has 4 atom stereocenters. The maximum Gasteiger partial charge on any atom is 0.335 e. The Morgan fingerprint density at radius 2 is 1.53 bits per heavy atom. The van der Waals surface area contributed by atoms with Crippen molar-refractivity contribution in [1.82, 2.24) is 5.32 Å². The first-order chi connectivity index (χ1) is 8.82. The van der Waals surface area contributed by atoms with E-state index in [1.807, 2.05) is 0 Å². The zero-order valence-corrected chi connectivity index (χ0v) is 10.3. The number of aliphatic hydroxyl groups excluding tert-OH is 4. The second-order valence-corrected chi connectivity index (χ2v) is 4.00. The Kier molecular flexibility index (Phi) is 8.19. The Hall–Kier alpha value is -1.26. The lowest BCUT2D eigenvalue weighted by Crippen LogP contribution is -2.52. The number of nitrogens with one attached hydrogen (secondary N) is 1. The van der Waals surface area contributed by atoms with Gasteiger partial charge in [0.25, 0.3) is 5.91 Å². The van der Waals surface area contributed by atoms with Crippen molar-refractivity contribution in [2.45, 2.75) is 37.3 Å². The predicted octanol–water partition coefficient (Wildman–Crippen LogP) is -3.63. The summed E-state index contributed by atoms with van der Waals surface area (Å²) in [7, 11) is 0. The van der Waals surface area contributed by atoms with Gasteiger partial charge < -0.3 is 36.6 Å². The summed E-state index contributed by atoms with van der Waals surface area (Å²) in [5.74, 6) is -2.75. The third kappa shape index (κ3) is 5.94. The van der Waals surface area contributed by atoms with E-state index in [0.717, 1.165) is 0 Å². The van der Waals surface area contributed by atoms with Crippen LogP contribution in [-0.2, 0) is 9.59 Å². The summed E-state index contributed by atoms with van der Waals surface area (Å²) in [5.41, 5.74) is 5.24. The van der Waals surface area contributed by atoms with Crippen molar-refractivity contribution in [1.29, 1.82) is 0 Å². The third-order valence-electron chi connectivity index (χ3n) is 2.45. The van der Waals surface area contributed by atoms with Gasteiger partial charge in [0, 0.05) is 6.54 Å². The van der Waals surface area contributed by atoms with Gasteiger partial charge in [-0.1, -0.05) is 0 Å². The van der Waals surface area contributed by atoms with Crippen LogP contribution in [0.2, 0.25) is 0 Å². The van der Waals surface area contributed by atoms with Gasteiger partial charge in [-0.2, -0.15) is 0 Å². The van der Waals surface area contributed by atoms with Crippen LogP contribution >= 0.6 is 0 Å². The molecule has 9 nitrogen and oxygen atoms in total. The summed E-state index contributed by atoms with van der Waals surface area (Å²) >= 11 is 0. The largest absolute Gasteiger partial charge is 0.479 e. The molecular formula is C10H20N2O7. The monoisotopic (exact) mass is 280 g/mol. The second kappa shape index (κ2) is 8.77. The first-order valence-corrected chi connectivity index (χ1v) is 5.75. The first kappa shape index (κ1) is 17.7. The molecule has 0 heterocycles. The summed E-state index contributed by atoms with van der Waals surface area (Å²) in [4.78, 5) is 21.7. The molecule has 0 saturated heterocycles. The van der Waals surface area contributed by atoms with E-state index in [-0.39, 0.29) is 6.54 Å². The summed E-state index contributed by atoms with van der Waals surface area (Å²) < 4.78 is 0. The van der Waals surface area contributed by atoms with E-state index in [9.17, 15) is 24.9 Å². The molecule has 0 saturated carbocycles. The lowest BCUT2D eigenvalue weighted by molar-refractivity contribution is -0.166. The lowest BCUT2D eigenvalue weighted by Gasteiger charge is -2.23. The fourth-order valence-corrected chi connectivity index (χ4v) is 1.26. The van der Waals surface area contributed by atoms with Crippen LogP contribution in [-0.4, -0.2) is 74.9 Å². The Morgan fingerprint density at radius 1 is 1.00 bits per heavy atom. The molecule has 0 spiro atoms. The summed E-state index contributed by atoms with van der Waals surface area (Å²) in [6.07, 6.45) is -7.38. The number of aliphatic hydroxyl groups is 4. The Morgan fingerprint density at radius 3 is 2.00 bits per heavy atom. The number of carboxylic acid groups (broad SMARTS) is 1. The van der Waals surface area contributed by atoms with Gasteiger partial charge >= 0.3 is 5.97 Å². The highest BCUT2D eigenvalue weighted by Gasteiger charge is 2.37.